The molecule has 1 saturated heterocycles. The van der Waals surface area contributed by atoms with Gasteiger partial charge in [0.1, 0.15) is 5.82 Å². The van der Waals surface area contributed by atoms with Crippen molar-refractivity contribution < 1.29 is 14.0 Å². The number of anilines is 1. The summed E-state index contributed by atoms with van der Waals surface area (Å²) in [5.74, 6) is -1.09. The second kappa shape index (κ2) is 6.36. The van der Waals surface area contributed by atoms with Gasteiger partial charge in [0.05, 0.1) is 12.5 Å². The molecule has 1 atom stereocenters. The topological polar surface area (TPSA) is 75.4 Å². The van der Waals surface area contributed by atoms with Gasteiger partial charge in [0.15, 0.2) is 0 Å². The van der Waals surface area contributed by atoms with E-state index in [1.807, 2.05) is 0 Å². The Morgan fingerprint density at radius 1 is 1.45 bits per heavy atom. The predicted octanol–water partition coefficient (Wildman–Crippen LogP) is 0.961. The van der Waals surface area contributed by atoms with Crippen LogP contribution < -0.4 is 11.1 Å². The fourth-order valence-electron chi connectivity index (χ4n) is 2.32. The van der Waals surface area contributed by atoms with Crippen molar-refractivity contribution in [1.82, 2.24) is 4.90 Å². The molecule has 2 amide bonds. The Labute approximate surface area is 116 Å². The zero-order chi connectivity index (χ0) is 14.5. The lowest BCUT2D eigenvalue weighted by molar-refractivity contribution is -0.133. The Kier molecular flexibility index (Phi) is 4.55. The Bertz CT molecular complexity index is 507. The lowest BCUT2D eigenvalue weighted by Gasteiger charge is -2.31. The summed E-state index contributed by atoms with van der Waals surface area (Å²) in [5.41, 5.74) is 5.83. The minimum atomic E-state index is -0.361. The fraction of sp³-hybridized carbons (Fsp3) is 0.429. The normalized spacial score (nSPS) is 18.6. The number of hydrogen-bond donors (Lipinski definition) is 2. The smallest absolute Gasteiger partial charge is 0.241 e. The standard InChI is InChI=1S/C14H18FN3O2/c15-11-4-1-5-12(7-11)17-8-13(19)18-6-2-3-10(9-18)14(16)20/h1,4-5,7,10,17H,2-3,6,8-9H2,(H2,16,20). The highest BCUT2D eigenvalue weighted by Crippen LogP contribution is 2.16. The van der Waals surface area contributed by atoms with Crippen LogP contribution in [0.25, 0.3) is 0 Å². The average Bonchev–Trinajstić information content (AvgIpc) is 2.45. The molecule has 3 N–H and O–H groups in total. The zero-order valence-corrected chi connectivity index (χ0v) is 11.1. The van der Waals surface area contributed by atoms with Gasteiger partial charge in [-0.25, -0.2) is 4.39 Å². The fourth-order valence-corrected chi connectivity index (χ4v) is 2.32. The van der Waals surface area contributed by atoms with Crippen molar-refractivity contribution >= 4 is 17.5 Å². The molecular formula is C14H18FN3O2. The van der Waals surface area contributed by atoms with Gasteiger partial charge in [-0.2, -0.15) is 0 Å². The Morgan fingerprint density at radius 3 is 2.95 bits per heavy atom. The number of nitrogens with one attached hydrogen (secondary N) is 1. The summed E-state index contributed by atoms with van der Waals surface area (Å²) in [4.78, 5) is 24.8. The molecule has 0 aliphatic carbocycles. The number of amides is 2. The van der Waals surface area contributed by atoms with Crippen LogP contribution in [0.15, 0.2) is 24.3 Å². The summed E-state index contributed by atoms with van der Waals surface area (Å²) < 4.78 is 13.0. The van der Waals surface area contributed by atoms with E-state index in [2.05, 4.69) is 5.32 Å². The number of carbonyl (C=O) groups excluding carboxylic acids is 2. The third-order valence-corrected chi connectivity index (χ3v) is 3.44. The van der Waals surface area contributed by atoms with Gasteiger partial charge in [-0.15, -0.1) is 0 Å². The summed E-state index contributed by atoms with van der Waals surface area (Å²) in [6.07, 6.45) is 1.51. The van der Waals surface area contributed by atoms with Gasteiger partial charge in [0.2, 0.25) is 11.8 Å². The maximum Gasteiger partial charge on any atom is 0.241 e. The molecular weight excluding hydrogens is 261 g/mol. The van der Waals surface area contributed by atoms with Crippen molar-refractivity contribution in [3.63, 3.8) is 0 Å². The molecule has 5 nitrogen and oxygen atoms in total. The molecule has 1 heterocycles. The minimum absolute atomic E-state index is 0.0783. The van der Waals surface area contributed by atoms with E-state index in [-0.39, 0.29) is 30.1 Å². The van der Waals surface area contributed by atoms with Gasteiger partial charge in [0.25, 0.3) is 0 Å². The van der Waals surface area contributed by atoms with E-state index in [4.69, 9.17) is 5.73 Å². The molecule has 1 aliphatic heterocycles. The molecule has 1 aromatic rings. The van der Waals surface area contributed by atoms with Crippen LogP contribution in [0, 0.1) is 11.7 Å². The summed E-state index contributed by atoms with van der Waals surface area (Å²) in [7, 11) is 0. The number of carbonyl (C=O) groups is 2. The Balaban J connectivity index is 1.87. The molecule has 108 valence electrons. The second-order valence-corrected chi connectivity index (χ2v) is 4.95. The molecule has 2 rings (SSSR count). The monoisotopic (exact) mass is 279 g/mol. The maximum absolute atomic E-state index is 13.0. The van der Waals surface area contributed by atoms with Crippen LogP contribution in [0.3, 0.4) is 0 Å². The first-order valence-corrected chi connectivity index (χ1v) is 6.63. The number of nitrogens with zero attached hydrogens (tertiary/aromatic N) is 1. The van der Waals surface area contributed by atoms with Crippen molar-refractivity contribution in [2.24, 2.45) is 11.7 Å². The highest BCUT2D eigenvalue weighted by Gasteiger charge is 2.26. The first-order valence-electron chi connectivity index (χ1n) is 6.63. The molecule has 1 aliphatic rings. The largest absolute Gasteiger partial charge is 0.376 e. The van der Waals surface area contributed by atoms with Crippen LogP contribution in [-0.4, -0.2) is 36.3 Å². The van der Waals surface area contributed by atoms with Crippen molar-refractivity contribution in [2.75, 3.05) is 25.0 Å². The molecule has 0 bridgehead atoms. The highest BCUT2D eigenvalue weighted by molar-refractivity contribution is 5.82. The third-order valence-electron chi connectivity index (χ3n) is 3.44. The Morgan fingerprint density at radius 2 is 2.25 bits per heavy atom. The molecule has 1 unspecified atom stereocenters. The van der Waals surface area contributed by atoms with E-state index in [9.17, 15) is 14.0 Å². The zero-order valence-electron chi connectivity index (χ0n) is 11.1. The predicted molar refractivity (Wildman–Crippen MR) is 73.4 cm³/mol. The number of nitrogens with two attached hydrogens (primary N) is 1. The van der Waals surface area contributed by atoms with Crippen molar-refractivity contribution in [2.45, 2.75) is 12.8 Å². The third kappa shape index (κ3) is 3.69. The Hall–Kier alpha value is -2.11. The summed E-state index contributed by atoms with van der Waals surface area (Å²) in [5, 5.41) is 2.88. The maximum atomic E-state index is 13.0. The van der Waals surface area contributed by atoms with Gasteiger partial charge in [-0.1, -0.05) is 6.07 Å². The number of rotatable bonds is 4. The van der Waals surface area contributed by atoms with Gasteiger partial charge in [-0.05, 0) is 31.0 Å². The quantitative estimate of drug-likeness (QED) is 0.862. The molecule has 0 aromatic heterocycles. The number of benzene rings is 1. The van der Waals surface area contributed by atoms with E-state index in [1.165, 1.54) is 12.1 Å². The van der Waals surface area contributed by atoms with Crippen LogP contribution >= 0.6 is 0 Å². The molecule has 0 spiro atoms. The number of primary amides is 1. The molecule has 20 heavy (non-hydrogen) atoms. The van der Waals surface area contributed by atoms with E-state index in [0.29, 0.717) is 18.8 Å². The first kappa shape index (κ1) is 14.3. The van der Waals surface area contributed by atoms with E-state index in [0.717, 1.165) is 12.8 Å². The second-order valence-electron chi connectivity index (χ2n) is 4.95. The highest BCUT2D eigenvalue weighted by atomic mass is 19.1. The van der Waals surface area contributed by atoms with Crippen molar-refractivity contribution in [3.8, 4) is 0 Å². The van der Waals surface area contributed by atoms with Gasteiger partial charge >= 0.3 is 0 Å². The lowest BCUT2D eigenvalue weighted by atomic mass is 9.97. The van der Waals surface area contributed by atoms with Crippen LogP contribution in [0.2, 0.25) is 0 Å². The van der Waals surface area contributed by atoms with E-state index in [1.54, 1.807) is 17.0 Å². The lowest BCUT2D eigenvalue weighted by Crippen LogP contribution is -2.45. The number of halogens is 1. The number of piperidine rings is 1. The van der Waals surface area contributed by atoms with Crippen molar-refractivity contribution in [1.29, 1.82) is 0 Å². The van der Waals surface area contributed by atoms with Gasteiger partial charge < -0.3 is 16.0 Å². The van der Waals surface area contributed by atoms with E-state index < -0.39 is 0 Å². The molecule has 0 radical (unpaired) electrons. The molecule has 0 saturated carbocycles. The van der Waals surface area contributed by atoms with Gasteiger partial charge in [0, 0.05) is 18.8 Å². The summed E-state index contributed by atoms with van der Waals surface area (Å²) in [6.45, 7) is 1.08. The average molecular weight is 279 g/mol. The summed E-state index contributed by atoms with van der Waals surface area (Å²) >= 11 is 0. The first-order chi connectivity index (χ1) is 9.56. The van der Waals surface area contributed by atoms with E-state index >= 15 is 0 Å². The van der Waals surface area contributed by atoms with Gasteiger partial charge in [-0.3, -0.25) is 9.59 Å². The van der Waals surface area contributed by atoms with Crippen molar-refractivity contribution in [3.05, 3.63) is 30.1 Å². The molecule has 1 aromatic carbocycles. The molecule has 1 fully saturated rings. The minimum Gasteiger partial charge on any atom is -0.376 e. The summed E-state index contributed by atoms with van der Waals surface area (Å²) in [6, 6.07) is 5.94. The van der Waals surface area contributed by atoms with Crippen LogP contribution in [0.5, 0.6) is 0 Å². The van der Waals surface area contributed by atoms with Crippen LogP contribution in [-0.2, 0) is 9.59 Å². The molecule has 6 heteroatoms. The van der Waals surface area contributed by atoms with Crippen LogP contribution in [0.4, 0.5) is 10.1 Å². The van der Waals surface area contributed by atoms with Crippen LogP contribution in [0.1, 0.15) is 12.8 Å². The number of hydrogen-bond acceptors (Lipinski definition) is 3. The number of likely N-dealkylation sites (tertiary alicyclic amines) is 1. The SMILES string of the molecule is NC(=O)C1CCCN(C(=O)CNc2cccc(F)c2)C1.